The highest BCUT2D eigenvalue weighted by atomic mass is 17.2. The average molecular weight is 316 g/mol. The Morgan fingerprint density at radius 3 is 1.48 bits per heavy atom. The van der Waals surface area contributed by atoms with Gasteiger partial charge in [-0.2, -0.15) is 0 Å². The summed E-state index contributed by atoms with van der Waals surface area (Å²) in [7, 11) is 0. The molecule has 0 bridgehead atoms. The second kappa shape index (κ2) is 10.6. The van der Waals surface area contributed by atoms with E-state index in [1.165, 1.54) is 0 Å². The second-order valence-electron chi connectivity index (χ2n) is 4.03. The molecule has 23 heavy (non-hydrogen) atoms. The molecule has 2 aromatic rings. The zero-order chi connectivity index (χ0) is 16.9. The van der Waals surface area contributed by atoms with E-state index in [0.29, 0.717) is 24.2 Å². The van der Waals surface area contributed by atoms with Crippen molar-refractivity contribution >= 4 is 18.4 Å². The van der Waals surface area contributed by atoms with Crippen molar-refractivity contribution in [3.63, 3.8) is 0 Å². The Labute approximate surface area is 133 Å². The lowest BCUT2D eigenvalue weighted by Gasteiger charge is -2.02. The number of benzene rings is 2. The summed E-state index contributed by atoms with van der Waals surface area (Å²) in [6.07, 6.45) is 0. The monoisotopic (exact) mass is 316 g/mol. The van der Waals surface area contributed by atoms with Gasteiger partial charge in [0.15, 0.2) is 0 Å². The first kappa shape index (κ1) is 17.9. The van der Waals surface area contributed by atoms with Gasteiger partial charge in [-0.1, -0.05) is 36.4 Å². The molecule has 6 heteroatoms. The Morgan fingerprint density at radius 1 is 0.826 bits per heavy atom. The largest absolute Gasteiger partial charge is 0.468 e. The Kier molecular flexibility index (Phi) is 8.22. The number of rotatable bonds is 4. The lowest BCUT2D eigenvalue weighted by atomic mass is 10.2. The molecule has 0 atom stereocenters. The number of carbonyl (C=O) groups is 3. The summed E-state index contributed by atoms with van der Waals surface area (Å²) in [5.41, 5.74) is 0.636. The van der Waals surface area contributed by atoms with Gasteiger partial charge in [-0.05, 0) is 31.2 Å². The van der Waals surface area contributed by atoms with E-state index in [4.69, 9.17) is 0 Å². The molecular formula is C17H16O6. The highest BCUT2D eigenvalue weighted by Crippen LogP contribution is 2.05. The van der Waals surface area contributed by atoms with Crippen molar-refractivity contribution in [2.45, 2.75) is 6.92 Å². The van der Waals surface area contributed by atoms with Crippen molar-refractivity contribution in [1.82, 2.24) is 0 Å². The molecule has 120 valence electrons. The molecule has 0 aliphatic heterocycles. The summed E-state index contributed by atoms with van der Waals surface area (Å²) in [4.78, 5) is 41.1. The molecule has 6 nitrogen and oxygen atoms in total. The van der Waals surface area contributed by atoms with Crippen LogP contribution in [-0.2, 0) is 19.3 Å². The molecular weight excluding hydrogens is 300 g/mol. The summed E-state index contributed by atoms with van der Waals surface area (Å²) >= 11 is 0. The summed E-state index contributed by atoms with van der Waals surface area (Å²) < 4.78 is 4.15. The maximum atomic E-state index is 11.5. The summed E-state index contributed by atoms with van der Waals surface area (Å²) in [5, 5.41) is 0. The molecule has 0 N–H and O–H groups in total. The third-order valence-electron chi connectivity index (χ3n) is 2.45. The lowest BCUT2D eigenvalue weighted by molar-refractivity contribution is -0.187. The van der Waals surface area contributed by atoms with E-state index in [2.05, 4.69) is 14.5 Å². The standard InChI is InChI=1S/C14H10O4.C3H6O2/c15-13(11-7-3-1-4-8-11)17-18-14(16)12-9-5-2-6-10-12;1-2-5-3-4/h1-10H;3H,2H2,1H3. The van der Waals surface area contributed by atoms with Crippen LogP contribution < -0.4 is 0 Å². The minimum Gasteiger partial charge on any atom is -0.468 e. The zero-order valence-electron chi connectivity index (χ0n) is 12.5. The van der Waals surface area contributed by atoms with Gasteiger partial charge in [0.25, 0.3) is 6.47 Å². The first-order chi connectivity index (χ1) is 11.2. The van der Waals surface area contributed by atoms with Gasteiger partial charge in [0.1, 0.15) is 0 Å². The van der Waals surface area contributed by atoms with Crippen LogP contribution in [0.3, 0.4) is 0 Å². The normalized spacial score (nSPS) is 8.91. The van der Waals surface area contributed by atoms with Gasteiger partial charge >= 0.3 is 11.9 Å². The van der Waals surface area contributed by atoms with Crippen LogP contribution in [0.15, 0.2) is 60.7 Å². The van der Waals surface area contributed by atoms with Gasteiger partial charge in [0, 0.05) is 0 Å². The molecule has 0 aliphatic rings. The van der Waals surface area contributed by atoms with Gasteiger partial charge in [0.05, 0.1) is 17.7 Å². The minimum atomic E-state index is -0.708. The molecule has 0 saturated heterocycles. The third-order valence-corrected chi connectivity index (χ3v) is 2.45. The van der Waals surface area contributed by atoms with Crippen molar-refractivity contribution < 1.29 is 28.9 Å². The Bertz CT molecular complexity index is 558. The molecule has 2 rings (SSSR count). The number of carbonyl (C=O) groups excluding carboxylic acids is 3. The van der Waals surface area contributed by atoms with E-state index < -0.39 is 11.9 Å². The fourth-order valence-electron chi connectivity index (χ4n) is 1.39. The van der Waals surface area contributed by atoms with Crippen molar-refractivity contribution in [1.29, 1.82) is 0 Å². The van der Waals surface area contributed by atoms with Crippen molar-refractivity contribution in [3.8, 4) is 0 Å². The fraction of sp³-hybridized carbons (Fsp3) is 0.118. The molecule has 2 aromatic carbocycles. The van der Waals surface area contributed by atoms with Crippen molar-refractivity contribution in [3.05, 3.63) is 71.8 Å². The van der Waals surface area contributed by atoms with Crippen LogP contribution in [0.4, 0.5) is 0 Å². The van der Waals surface area contributed by atoms with Gasteiger partial charge in [-0.25, -0.2) is 19.4 Å². The van der Waals surface area contributed by atoms with Crippen molar-refractivity contribution in [2.75, 3.05) is 6.61 Å². The van der Waals surface area contributed by atoms with Gasteiger partial charge in [0.2, 0.25) is 0 Å². The van der Waals surface area contributed by atoms with E-state index in [1.807, 2.05) is 0 Å². The van der Waals surface area contributed by atoms with Crippen LogP contribution in [0.25, 0.3) is 0 Å². The third kappa shape index (κ3) is 6.90. The van der Waals surface area contributed by atoms with E-state index in [9.17, 15) is 14.4 Å². The van der Waals surface area contributed by atoms with Crippen LogP contribution >= 0.6 is 0 Å². The first-order valence-corrected chi connectivity index (χ1v) is 6.77. The van der Waals surface area contributed by atoms with Crippen LogP contribution in [-0.4, -0.2) is 25.0 Å². The SMILES string of the molecule is CCOC=O.O=C(OOC(=O)c1ccccc1)c1ccccc1. The molecule has 0 saturated carbocycles. The molecule has 0 radical (unpaired) electrons. The molecule has 0 unspecified atom stereocenters. The summed E-state index contributed by atoms with van der Waals surface area (Å²) in [5.74, 6) is -1.42. The number of hydrogen-bond acceptors (Lipinski definition) is 6. The minimum absolute atomic E-state index is 0.318. The van der Waals surface area contributed by atoms with Gasteiger partial charge in [-0.15, -0.1) is 0 Å². The highest BCUT2D eigenvalue weighted by molar-refractivity contribution is 5.92. The molecule has 0 aliphatic carbocycles. The Balaban J connectivity index is 0.000000463. The van der Waals surface area contributed by atoms with Crippen molar-refractivity contribution in [2.24, 2.45) is 0 Å². The van der Waals surface area contributed by atoms with E-state index >= 15 is 0 Å². The first-order valence-electron chi connectivity index (χ1n) is 6.77. The lowest BCUT2D eigenvalue weighted by Crippen LogP contribution is -2.11. The van der Waals surface area contributed by atoms with E-state index in [-0.39, 0.29) is 0 Å². The second-order valence-corrected chi connectivity index (χ2v) is 4.03. The van der Waals surface area contributed by atoms with Crippen LogP contribution in [0.2, 0.25) is 0 Å². The maximum Gasteiger partial charge on any atom is 0.386 e. The molecule has 0 spiro atoms. The van der Waals surface area contributed by atoms with Gasteiger partial charge < -0.3 is 4.74 Å². The average Bonchev–Trinajstić information content (AvgIpc) is 2.62. The Hall–Kier alpha value is -3.15. The van der Waals surface area contributed by atoms with E-state index in [0.717, 1.165) is 0 Å². The van der Waals surface area contributed by atoms with Crippen LogP contribution in [0, 0.1) is 0 Å². The quantitative estimate of drug-likeness (QED) is 0.490. The molecule has 0 aromatic heterocycles. The van der Waals surface area contributed by atoms with Gasteiger partial charge in [-0.3, -0.25) is 4.79 Å². The predicted octanol–water partition coefficient (Wildman–Crippen LogP) is 2.79. The molecule has 0 heterocycles. The number of ether oxygens (including phenoxy) is 1. The Morgan fingerprint density at radius 2 is 1.22 bits per heavy atom. The predicted molar refractivity (Wildman–Crippen MR) is 81.4 cm³/mol. The van der Waals surface area contributed by atoms with Crippen LogP contribution in [0.5, 0.6) is 0 Å². The van der Waals surface area contributed by atoms with E-state index in [1.54, 1.807) is 67.6 Å². The summed E-state index contributed by atoms with van der Waals surface area (Å²) in [6, 6.07) is 16.6. The fourth-order valence-corrected chi connectivity index (χ4v) is 1.39. The smallest absolute Gasteiger partial charge is 0.386 e. The molecule has 0 amide bonds. The topological polar surface area (TPSA) is 78.9 Å². The zero-order valence-corrected chi connectivity index (χ0v) is 12.5. The number of hydrogen-bond donors (Lipinski definition) is 0. The highest BCUT2D eigenvalue weighted by Gasteiger charge is 2.12. The molecule has 0 fully saturated rings. The van der Waals surface area contributed by atoms with Crippen LogP contribution in [0.1, 0.15) is 27.6 Å². The summed E-state index contributed by atoms with van der Waals surface area (Å²) in [6.45, 7) is 2.66. The maximum absolute atomic E-state index is 11.5.